The molecule has 0 saturated heterocycles. The molecule has 1 aliphatic rings. The topological polar surface area (TPSA) is 58.2 Å². The molecule has 112 valence electrons. The van der Waals surface area contributed by atoms with E-state index in [9.17, 15) is 8.42 Å². The van der Waals surface area contributed by atoms with Crippen LogP contribution in [0.25, 0.3) is 0 Å². The number of sulfonamides is 1. The third kappa shape index (κ3) is 3.97. The van der Waals surface area contributed by atoms with Crippen molar-refractivity contribution in [1.29, 1.82) is 0 Å². The Labute approximate surface area is 125 Å². The smallest absolute Gasteiger partial charge is 0.240 e. The van der Waals surface area contributed by atoms with E-state index < -0.39 is 10.0 Å². The minimum absolute atomic E-state index is 0.137. The summed E-state index contributed by atoms with van der Waals surface area (Å²) in [5.74, 6) is 0. The van der Waals surface area contributed by atoms with Gasteiger partial charge in [0.25, 0.3) is 0 Å². The van der Waals surface area contributed by atoms with Crippen molar-refractivity contribution in [1.82, 2.24) is 10.0 Å². The Bertz CT molecular complexity index is 537. The van der Waals surface area contributed by atoms with Gasteiger partial charge in [-0.1, -0.05) is 19.1 Å². The molecule has 0 atom stereocenters. The molecule has 0 spiro atoms. The van der Waals surface area contributed by atoms with Crippen molar-refractivity contribution >= 4 is 21.8 Å². The molecule has 0 amide bonds. The third-order valence-electron chi connectivity index (χ3n) is 3.64. The molecule has 0 bridgehead atoms. The highest BCUT2D eigenvalue weighted by molar-refractivity contribution is 8.00. The maximum atomic E-state index is 12.2. The highest BCUT2D eigenvalue weighted by Gasteiger charge is 2.42. The summed E-state index contributed by atoms with van der Waals surface area (Å²) in [7, 11) is -3.38. The Kier molecular flexibility index (Phi) is 5.12. The van der Waals surface area contributed by atoms with Gasteiger partial charge in [-0.15, -0.1) is 0 Å². The van der Waals surface area contributed by atoms with Gasteiger partial charge in [-0.25, -0.2) is 13.1 Å². The fourth-order valence-electron chi connectivity index (χ4n) is 1.96. The number of hydrogen-bond acceptors (Lipinski definition) is 4. The predicted octanol–water partition coefficient (Wildman–Crippen LogP) is 1.97. The molecule has 0 aliphatic heterocycles. The van der Waals surface area contributed by atoms with E-state index in [4.69, 9.17) is 0 Å². The lowest BCUT2D eigenvalue weighted by molar-refractivity contribution is 0.579. The SMILES string of the molecule is CCNCc1ccc(S(=O)(=O)NCC2(SC)CC2)cc1. The van der Waals surface area contributed by atoms with Gasteiger partial charge in [0.15, 0.2) is 0 Å². The second kappa shape index (κ2) is 6.47. The number of benzene rings is 1. The lowest BCUT2D eigenvalue weighted by Gasteiger charge is -2.13. The quantitative estimate of drug-likeness (QED) is 0.770. The summed E-state index contributed by atoms with van der Waals surface area (Å²) in [6.45, 7) is 4.23. The predicted molar refractivity (Wildman–Crippen MR) is 84.5 cm³/mol. The Morgan fingerprint density at radius 3 is 2.40 bits per heavy atom. The lowest BCUT2D eigenvalue weighted by atomic mass is 10.2. The molecule has 1 aromatic rings. The van der Waals surface area contributed by atoms with Gasteiger partial charge in [-0.3, -0.25) is 0 Å². The highest BCUT2D eigenvalue weighted by Crippen LogP contribution is 2.46. The molecule has 4 nitrogen and oxygen atoms in total. The van der Waals surface area contributed by atoms with Gasteiger partial charge in [0.2, 0.25) is 10.0 Å². The van der Waals surface area contributed by atoms with Gasteiger partial charge in [0, 0.05) is 17.8 Å². The van der Waals surface area contributed by atoms with E-state index in [-0.39, 0.29) is 4.75 Å². The van der Waals surface area contributed by atoms with Crippen LogP contribution >= 0.6 is 11.8 Å². The molecular weight excluding hydrogens is 292 g/mol. The lowest BCUT2D eigenvalue weighted by Crippen LogP contribution is -2.31. The van der Waals surface area contributed by atoms with Crippen LogP contribution in [0.3, 0.4) is 0 Å². The van der Waals surface area contributed by atoms with Gasteiger partial charge in [0.05, 0.1) is 4.90 Å². The van der Waals surface area contributed by atoms with E-state index in [1.807, 2.05) is 25.3 Å². The fraction of sp³-hybridized carbons (Fsp3) is 0.571. The van der Waals surface area contributed by atoms with Gasteiger partial charge in [-0.2, -0.15) is 11.8 Å². The van der Waals surface area contributed by atoms with Crippen LogP contribution in [-0.2, 0) is 16.6 Å². The van der Waals surface area contributed by atoms with Crippen LogP contribution in [0.15, 0.2) is 29.2 Å². The molecule has 6 heteroatoms. The summed E-state index contributed by atoms with van der Waals surface area (Å²) < 4.78 is 27.3. The summed E-state index contributed by atoms with van der Waals surface area (Å²) in [5, 5.41) is 3.22. The molecular formula is C14H22N2O2S2. The summed E-state index contributed by atoms with van der Waals surface area (Å²) in [6.07, 6.45) is 4.23. The first kappa shape index (κ1) is 15.8. The van der Waals surface area contributed by atoms with Crippen molar-refractivity contribution in [2.75, 3.05) is 19.3 Å². The zero-order chi connectivity index (χ0) is 14.6. The minimum Gasteiger partial charge on any atom is -0.313 e. The van der Waals surface area contributed by atoms with Crippen LogP contribution in [-0.4, -0.2) is 32.5 Å². The Hall–Kier alpha value is -0.560. The molecule has 0 heterocycles. The third-order valence-corrected chi connectivity index (χ3v) is 6.47. The highest BCUT2D eigenvalue weighted by atomic mass is 32.2. The van der Waals surface area contributed by atoms with Crippen LogP contribution in [0.1, 0.15) is 25.3 Å². The molecule has 0 aromatic heterocycles. The second-order valence-corrected chi connectivity index (χ2v) is 8.18. The van der Waals surface area contributed by atoms with Crippen LogP contribution in [0.2, 0.25) is 0 Å². The number of hydrogen-bond donors (Lipinski definition) is 2. The van der Waals surface area contributed by atoms with Crippen molar-refractivity contribution in [2.45, 2.75) is 36.0 Å². The number of nitrogens with one attached hydrogen (secondary N) is 2. The average molecular weight is 314 g/mol. The monoisotopic (exact) mass is 314 g/mol. The largest absolute Gasteiger partial charge is 0.313 e. The summed E-state index contributed by atoms with van der Waals surface area (Å²) >= 11 is 1.75. The van der Waals surface area contributed by atoms with Crippen molar-refractivity contribution in [3.05, 3.63) is 29.8 Å². The van der Waals surface area contributed by atoms with E-state index in [2.05, 4.69) is 10.0 Å². The van der Waals surface area contributed by atoms with Crippen LogP contribution < -0.4 is 10.0 Å². The summed E-state index contributed by atoms with van der Waals surface area (Å²) in [6, 6.07) is 7.07. The van der Waals surface area contributed by atoms with E-state index in [1.165, 1.54) is 0 Å². The number of rotatable bonds is 8. The van der Waals surface area contributed by atoms with Crippen molar-refractivity contribution in [3.8, 4) is 0 Å². The first-order chi connectivity index (χ1) is 9.51. The van der Waals surface area contributed by atoms with Crippen LogP contribution in [0.4, 0.5) is 0 Å². The van der Waals surface area contributed by atoms with E-state index in [1.54, 1.807) is 23.9 Å². The molecule has 1 fully saturated rings. The van der Waals surface area contributed by atoms with E-state index in [0.717, 1.165) is 31.5 Å². The minimum atomic E-state index is -3.38. The van der Waals surface area contributed by atoms with Crippen molar-refractivity contribution in [3.63, 3.8) is 0 Å². The maximum absolute atomic E-state index is 12.2. The maximum Gasteiger partial charge on any atom is 0.240 e. The summed E-state index contributed by atoms with van der Waals surface area (Å²) in [4.78, 5) is 0.342. The zero-order valence-corrected chi connectivity index (χ0v) is 13.6. The normalized spacial score (nSPS) is 17.1. The Balaban J connectivity index is 1.98. The zero-order valence-electron chi connectivity index (χ0n) is 12.0. The van der Waals surface area contributed by atoms with Gasteiger partial charge >= 0.3 is 0 Å². The van der Waals surface area contributed by atoms with Crippen molar-refractivity contribution < 1.29 is 8.42 Å². The first-order valence-electron chi connectivity index (χ1n) is 6.86. The van der Waals surface area contributed by atoms with Crippen LogP contribution in [0.5, 0.6) is 0 Å². The Morgan fingerprint density at radius 1 is 1.25 bits per heavy atom. The van der Waals surface area contributed by atoms with Gasteiger partial charge in [-0.05, 0) is 43.3 Å². The molecule has 2 N–H and O–H groups in total. The van der Waals surface area contributed by atoms with Crippen molar-refractivity contribution in [2.24, 2.45) is 0 Å². The second-order valence-electron chi connectivity index (χ2n) is 5.14. The molecule has 2 rings (SSSR count). The molecule has 1 aromatic carbocycles. The van der Waals surface area contributed by atoms with E-state index >= 15 is 0 Å². The Morgan fingerprint density at radius 2 is 1.90 bits per heavy atom. The average Bonchev–Trinajstić information content (AvgIpc) is 3.24. The van der Waals surface area contributed by atoms with Gasteiger partial charge < -0.3 is 5.32 Å². The molecule has 0 unspecified atom stereocenters. The van der Waals surface area contributed by atoms with E-state index in [0.29, 0.717) is 11.4 Å². The molecule has 1 saturated carbocycles. The number of thioether (sulfide) groups is 1. The van der Waals surface area contributed by atoms with Gasteiger partial charge in [0.1, 0.15) is 0 Å². The molecule has 20 heavy (non-hydrogen) atoms. The fourth-order valence-corrected chi connectivity index (χ4v) is 3.90. The molecule has 1 aliphatic carbocycles. The molecule has 0 radical (unpaired) electrons. The first-order valence-corrected chi connectivity index (χ1v) is 9.57. The summed E-state index contributed by atoms with van der Waals surface area (Å²) in [5.41, 5.74) is 1.09. The standard InChI is InChI=1S/C14H22N2O2S2/c1-3-15-10-12-4-6-13(7-5-12)20(17,18)16-11-14(19-2)8-9-14/h4-7,15-16H,3,8-11H2,1-2H3. The van der Waals surface area contributed by atoms with Crippen LogP contribution in [0, 0.1) is 0 Å².